The topological polar surface area (TPSA) is 0 Å². The van der Waals surface area contributed by atoms with Crippen LogP contribution in [0.15, 0.2) is 29.2 Å². The molecule has 0 fully saturated rings. The molecular weight excluding hydrogens is 159 g/mol. The first-order valence-corrected chi connectivity index (χ1v) is 4.70. The number of hydrogen-bond acceptors (Lipinski definition) is 1. The largest absolute Gasteiger partial charge is 0.206 e. The van der Waals surface area contributed by atoms with Crippen LogP contribution in [0.3, 0.4) is 0 Å². The van der Waals surface area contributed by atoms with Gasteiger partial charge in [0.15, 0.2) is 0 Å². The molecule has 0 aliphatic rings. The van der Waals surface area contributed by atoms with Gasteiger partial charge in [-0.15, -0.1) is 11.8 Å². The average molecular weight is 170 g/mol. The van der Waals surface area contributed by atoms with Crippen LogP contribution in [-0.2, 0) is 0 Å². The van der Waals surface area contributed by atoms with E-state index in [4.69, 9.17) is 0 Å². The molecule has 0 nitrogen and oxygen atoms in total. The van der Waals surface area contributed by atoms with Crippen LogP contribution < -0.4 is 0 Å². The summed E-state index contributed by atoms with van der Waals surface area (Å²) >= 11 is 1.57. The molecule has 0 spiro atoms. The van der Waals surface area contributed by atoms with Gasteiger partial charge in [0.1, 0.15) is 5.82 Å². The van der Waals surface area contributed by atoms with Gasteiger partial charge in [-0.25, -0.2) is 4.39 Å². The normalized spacial score (nSPS) is 10.0. The van der Waals surface area contributed by atoms with Gasteiger partial charge in [-0.05, 0) is 24.3 Å². The van der Waals surface area contributed by atoms with Gasteiger partial charge in [0.25, 0.3) is 0 Å². The maximum Gasteiger partial charge on any atom is 0.136 e. The Morgan fingerprint density at radius 2 is 2.09 bits per heavy atom. The lowest BCUT2D eigenvalue weighted by Gasteiger charge is -1.99. The molecule has 1 aromatic carbocycles. The minimum atomic E-state index is -0.106. The molecule has 0 atom stereocenters. The molecule has 1 rings (SSSR count). The van der Waals surface area contributed by atoms with Gasteiger partial charge < -0.3 is 0 Å². The number of thioether (sulfide) groups is 1. The highest BCUT2D eigenvalue weighted by molar-refractivity contribution is 7.99. The zero-order valence-electron chi connectivity index (χ0n) is 6.51. The summed E-state index contributed by atoms with van der Waals surface area (Å²) in [7, 11) is 0. The second kappa shape index (κ2) is 4.39. The zero-order valence-corrected chi connectivity index (χ0v) is 7.33. The third kappa shape index (κ3) is 2.54. The molecule has 0 heterocycles. The second-order valence-electron chi connectivity index (χ2n) is 2.28. The van der Waals surface area contributed by atoms with Crippen LogP contribution in [0.4, 0.5) is 4.39 Å². The maximum atomic E-state index is 12.9. The van der Waals surface area contributed by atoms with E-state index in [1.165, 1.54) is 6.07 Å². The Kier molecular flexibility index (Phi) is 3.43. The minimum Gasteiger partial charge on any atom is -0.206 e. The summed E-state index contributed by atoms with van der Waals surface area (Å²) in [6, 6.07) is 6.89. The number of hydrogen-bond donors (Lipinski definition) is 0. The highest BCUT2D eigenvalue weighted by Gasteiger charge is 1.98. The zero-order chi connectivity index (χ0) is 8.10. The molecule has 0 bridgehead atoms. The summed E-state index contributed by atoms with van der Waals surface area (Å²) < 4.78 is 12.9. The van der Waals surface area contributed by atoms with Gasteiger partial charge >= 0.3 is 0 Å². The molecule has 0 aromatic heterocycles. The van der Waals surface area contributed by atoms with Crippen molar-refractivity contribution in [2.75, 3.05) is 5.75 Å². The van der Waals surface area contributed by atoms with Crippen molar-refractivity contribution < 1.29 is 4.39 Å². The number of benzene rings is 1. The van der Waals surface area contributed by atoms with Gasteiger partial charge in [0.2, 0.25) is 0 Å². The van der Waals surface area contributed by atoms with Crippen LogP contribution >= 0.6 is 11.8 Å². The molecule has 0 saturated carbocycles. The quantitative estimate of drug-likeness (QED) is 0.627. The summed E-state index contributed by atoms with van der Waals surface area (Å²) in [4.78, 5) is 0.759. The van der Waals surface area contributed by atoms with Crippen molar-refractivity contribution in [3.05, 3.63) is 30.1 Å². The monoisotopic (exact) mass is 170 g/mol. The number of halogens is 1. The Labute approximate surface area is 70.8 Å². The Hall–Kier alpha value is -0.500. The van der Waals surface area contributed by atoms with E-state index >= 15 is 0 Å². The van der Waals surface area contributed by atoms with E-state index in [1.54, 1.807) is 17.8 Å². The van der Waals surface area contributed by atoms with Gasteiger partial charge in [-0.1, -0.05) is 19.1 Å². The summed E-state index contributed by atoms with van der Waals surface area (Å²) in [5.41, 5.74) is 0. The summed E-state index contributed by atoms with van der Waals surface area (Å²) in [5.74, 6) is 0.881. The van der Waals surface area contributed by atoms with Crippen LogP contribution in [0.5, 0.6) is 0 Å². The van der Waals surface area contributed by atoms with Gasteiger partial charge in [-0.3, -0.25) is 0 Å². The van der Waals surface area contributed by atoms with Crippen molar-refractivity contribution in [2.24, 2.45) is 0 Å². The summed E-state index contributed by atoms with van der Waals surface area (Å²) in [5, 5.41) is 0. The first kappa shape index (κ1) is 8.60. The molecule has 60 valence electrons. The van der Waals surface area contributed by atoms with E-state index in [0.29, 0.717) is 0 Å². The average Bonchev–Trinajstić information content (AvgIpc) is 2.03. The SMILES string of the molecule is CCCSc1ccccc1F. The highest BCUT2D eigenvalue weighted by Crippen LogP contribution is 2.21. The van der Waals surface area contributed by atoms with Crippen molar-refractivity contribution in [3.8, 4) is 0 Å². The molecule has 1 aromatic rings. The molecule has 0 unspecified atom stereocenters. The van der Waals surface area contributed by atoms with Crippen LogP contribution in [0.2, 0.25) is 0 Å². The third-order valence-corrected chi connectivity index (χ3v) is 2.55. The van der Waals surface area contributed by atoms with Gasteiger partial charge in [-0.2, -0.15) is 0 Å². The standard InChI is InChI=1S/C9H11FS/c1-2-7-11-9-6-4-3-5-8(9)10/h3-6H,2,7H2,1H3. The number of rotatable bonds is 3. The molecule has 0 radical (unpaired) electrons. The predicted molar refractivity (Wildman–Crippen MR) is 47.4 cm³/mol. The maximum absolute atomic E-state index is 12.9. The van der Waals surface area contributed by atoms with Crippen molar-refractivity contribution >= 4 is 11.8 Å². The molecule has 0 amide bonds. The van der Waals surface area contributed by atoms with Crippen LogP contribution in [0.25, 0.3) is 0 Å². The van der Waals surface area contributed by atoms with Gasteiger partial charge in [0.05, 0.1) is 0 Å². The Morgan fingerprint density at radius 3 is 2.73 bits per heavy atom. The fourth-order valence-electron chi connectivity index (χ4n) is 0.774. The Bertz CT molecular complexity index is 223. The van der Waals surface area contributed by atoms with Crippen LogP contribution in [0, 0.1) is 5.82 Å². The fraction of sp³-hybridized carbons (Fsp3) is 0.333. The molecule has 0 aliphatic carbocycles. The molecule has 0 aliphatic heterocycles. The molecule has 0 N–H and O–H groups in total. The van der Waals surface area contributed by atoms with Crippen molar-refractivity contribution in [3.63, 3.8) is 0 Å². The van der Waals surface area contributed by atoms with Crippen molar-refractivity contribution in [1.29, 1.82) is 0 Å². The van der Waals surface area contributed by atoms with Crippen LogP contribution in [0.1, 0.15) is 13.3 Å². The lowest BCUT2D eigenvalue weighted by molar-refractivity contribution is 0.602. The lowest BCUT2D eigenvalue weighted by atomic mass is 10.3. The van der Waals surface area contributed by atoms with Gasteiger partial charge in [0, 0.05) is 4.90 Å². The summed E-state index contributed by atoms with van der Waals surface area (Å²) in [6.07, 6.45) is 1.08. The first-order valence-electron chi connectivity index (χ1n) is 3.72. The predicted octanol–water partition coefficient (Wildman–Crippen LogP) is 3.33. The van der Waals surface area contributed by atoms with Crippen molar-refractivity contribution in [1.82, 2.24) is 0 Å². The third-order valence-electron chi connectivity index (χ3n) is 1.30. The molecular formula is C9H11FS. The van der Waals surface area contributed by atoms with E-state index in [-0.39, 0.29) is 5.82 Å². The smallest absolute Gasteiger partial charge is 0.136 e. The lowest BCUT2D eigenvalue weighted by Crippen LogP contribution is -1.80. The first-order chi connectivity index (χ1) is 5.34. The van der Waals surface area contributed by atoms with E-state index in [0.717, 1.165) is 17.1 Å². The van der Waals surface area contributed by atoms with E-state index in [2.05, 4.69) is 6.92 Å². The van der Waals surface area contributed by atoms with Crippen molar-refractivity contribution in [2.45, 2.75) is 18.2 Å². The Balaban J connectivity index is 2.62. The van der Waals surface area contributed by atoms with E-state index < -0.39 is 0 Å². The molecule has 0 saturated heterocycles. The van der Waals surface area contributed by atoms with E-state index in [1.807, 2.05) is 12.1 Å². The van der Waals surface area contributed by atoms with Crippen LogP contribution in [-0.4, -0.2) is 5.75 Å². The summed E-state index contributed by atoms with van der Waals surface area (Å²) in [6.45, 7) is 2.09. The minimum absolute atomic E-state index is 0.106. The second-order valence-corrected chi connectivity index (χ2v) is 3.42. The van der Waals surface area contributed by atoms with E-state index in [9.17, 15) is 4.39 Å². The molecule has 2 heteroatoms. The Morgan fingerprint density at radius 1 is 1.36 bits per heavy atom. The fourth-order valence-corrected chi connectivity index (χ4v) is 1.58. The molecule has 11 heavy (non-hydrogen) atoms. The highest BCUT2D eigenvalue weighted by atomic mass is 32.2.